The smallest absolute Gasteiger partial charge is 0.335 e. The van der Waals surface area contributed by atoms with E-state index in [9.17, 15) is 17.6 Å². The first-order chi connectivity index (χ1) is 8.88. The molecule has 0 aliphatic rings. The molecule has 0 amide bonds. The average Bonchev–Trinajstić information content (AvgIpc) is 2.34. The van der Waals surface area contributed by atoms with Gasteiger partial charge in [-0.1, -0.05) is 0 Å². The number of hydrogen-bond acceptors (Lipinski definition) is 5. The van der Waals surface area contributed by atoms with E-state index < -0.39 is 32.3 Å². The van der Waals surface area contributed by atoms with Crippen molar-refractivity contribution in [1.82, 2.24) is 0 Å². The Morgan fingerprint density at radius 2 is 2.00 bits per heavy atom. The summed E-state index contributed by atoms with van der Waals surface area (Å²) in [5.41, 5.74) is -0.326. The SMILES string of the molecule is O=C(O)c1ccc(S(=O)(=O)CCOCCO)c(F)c1. The highest BCUT2D eigenvalue weighted by Crippen LogP contribution is 2.17. The van der Waals surface area contributed by atoms with Crippen LogP contribution in [-0.4, -0.2) is 50.2 Å². The predicted molar refractivity (Wildman–Crippen MR) is 63.3 cm³/mol. The number of carbonyl (C=O) groups is 1. The third-order valence-electron chi connectivity index (χ3n) is 2.25. The van der Waals surface area contributed by atoms with Crippen molar-refractivity contribution in [3.8, 4) is 0 Å². The van der Waals surface area contributed by atoms with Gasteiger partial charge in [-0.25, -0.2) is 17.6 Å². The zero-order valence-corrected chi connectivity index (χ0v) is 10.7. The second-order valence-corrected chi connectivity index (χ2v) is 5.68. The van der Waals surface area contributed by atoms with Gasteiger partial charge in [-0.3, -0.25) is 0 Å². The highest BCUT2D eigenvalue weighted by Gasteiger charge is 2.20. The van der Waals surface area contributed by atoms with Gasteiger partial charge in [0.1, 0.15) is 10.7 Å². The van der Waals surface area contributed by atoms with Crippen molar-refractivity contribution in [2.24, 2.45) is 0 Å². The summed E-state index contributed by atoms with van der Waals surface area (Å²) in [6, 6.07) is 2.59. The van der Waals surface area contributed by atoms with Crippen LogP contribution in [0.2, 0.25) is 0 Å². The first kappa shape index (κ1) is 15.5. The number of sulfone groups is 1. The number of ether oxygens (including phenoxy) is 1. The molecule has 0 radical (unpaired) electrons. The van der Waals surface area contributed by atoms with Gasteiger partial charge in [0.15, 0.2) is 9.84 Å². The molecule has 6 nitrogen and oxygen atoms in total. The number of aliphatic hydroxyl groups excluding tert-OH is 1. The molecule has 2 N–H and O–H groups in total. The summed E-state index contributed by atoms with van der Waals surface area (Å²) >= 11 is 0. The first-order valence-corrected chi connectivity index (χ1v) is 6.98. The summed E-state index contributed by atoms with van der Waals surface area (Å²) < 4.78 is 41.9. The van der Waals surface area contributed by atoms with Crippen molar-refractivity contribution >= 4 is 15.8 Å². The highest BCUT2D eigenvalue weighted by molar-refractivity contribution is 7.91. The van der Waals surface area contributed by atoms with Crippen molar-refractivity contribution < 1.29 is 32.6 Å². The quantitative estimate of drug-likeness (QED) is 0.701. The van der Waals surface area contributed by atoms with Gasteiger partial charge in [0.25, 0.3) is 0 Å². The van der Waals surface area contributed by atoms with E-state index in [2.05, 4.69) is 0 Å². The molecule has 1 aromatic rings. The lowest BCUT2D eigenvalue weighted by molar-refractivity contribution is 0.0696. The minimum atomic E-state index is -3.89. The third-order valence-corrected chi connectivity index (χ3v) is 3.95. The standard InChI is InChI=1S/C11H13FO6S/c12-9-7-8(11(14)15)1-2-10(9)19(16,17)6-5-18-4-3-13/h1-2,7,13H,3-6H2,(H,14,15). The highest BCUT2D eigenvalue weighted by atomic mass is 32.2. The molecule has 0 spiro atoms. The Balaban J connectivity index is 2.87. The molecule has 0 aliphatic heterocycles. The summed E-state index contributed by atoms with van der Waals surface area (Å²) in [5, 5.41) is 17.1. The van der Waals surface area contributed by atoms with Crippen LogP contribution in [-0.2, 0) is 14.6 Å². The molecule has 8 heteroatoms. The van der Waals surface area contributed by atoms with Crippen molar-refractivity contribution in [3.05, 3.63) is 29.6 Å². The Labute approximate surface area is 109 Å². The first-order valence-electron chi connectivity index (χ1n) is 5.32. The second kappa shape index (κ2) is 6.60. The molecule has 0 fully saturated rings. The van der Waals surface area contributed by atoms with E-state index in [0.29, 0.717) is 6.07 Å². The molecule has 0 bridgehead atoms. The largest absolute Gasteiger partial charge is 0.478 e. The van der Waals surface area contributed by atoms with Crippen molar-refractivity contribution in [2.75, 3.05) is 25.6 Å². The van der Waals surface area contributed by atoms with E-state index in [0.717, 1.165) is 12.1 Å². The fraction of sp³-hybridized carbons (Fsp3) is 0.364. The van der Waals surface area contributed by atoms with E-state index in [4.69, 9.17) is 14.9 Å². The molecular formula is C11H13FO6S. The molecule has 0 atom stereocenters. The van der Waals surface area contributed by atoms with Crippen LogP contribution in [0.3, 0.4) is 0 Å². The lowest BCUT2D eigenvalue weighted by atomic mass is 10.2. The number of rotatable bonds is 7. The lowest BCUT2D eigenvalue weighted by Gasteiger charge is -2.06. The Morgan fingerprint density at radius 1 is 1.32 bits per heavy atom. The molecule has 1 aromatic carbocycles. The Bertz CT molecular complexity index is 554. The fourth-order valence-corrected chi connectivity index (χ4v) is 2.52. The van der Waals surface area contributed by atoms with Crippen LogP contribution in [0.4, 0.5) is 4.39 Å². The van der Waals surface area contributed by atoms with Crippen LogP contribution >= 0.6 is 0 Å². The molecular weight excluding hydrogens is 279 g/mol. The summed E-state index contributed by atoms with van der Waals surface area (Å²) in [6.45, 7) is -0.416. The van der Waals surface area contributed by atoms with E-state index in [1.807, 2.05) is 0 Å². The number of hydrogen-bond donors (Lipinski definition) is 2. The minimum Gasteiger partial charge on any atom is -0.478 e. The molecule has 106 valence electrons. The van der Waals surface area contributed by atoms with E-state index >= 15 is 0 Å². The van der Waals surface area contributed by atoms with Crippen LogP contribution in [0.5, 0.6) is 0 Å². The molecule has 0 saturated heterocycles. The number of halogens is 1. The molecule has 0 saturated carbocycles. The minimum absolute atomic E-state index is 0.00401. The van der Waals surface area contributed by atoms with Gasteiger partial charge < -0.3 is 14.9 Å². The van der Waals surface area contributed by atoms with Crippen LogP contribution in [0, 0.1) is 5.82 Å². The third kappa shape index (κ3) is 4.27. The van der Waals surface area contributed by atoms with E-state index in [1.165, 1.54) is 0 Å². The van der Waals surface area contributed by atoms with Gasteiger partial charge in [-0.05, 0) is 18.2 Å². The predicted octanol–water partition coefficient (Wildman–Crippen LogP) is 0.306. The van der Waals surface area contributed by atoms with Crippen LogP contribution in [0.15, 0.2) is 23.1 Å². The Hall–Kier alpha value is -1.51. The molecule has 0 aliphatic carbocycles. The van der Waals surface area contributed by atoms with Gasteiger partial charge in [-0.2, -0.15) is 0 Å². The van der Waals surface area contributed by atoms with Gasteiger partial charge in [0.2, 0.25) is 0 Å². The molecule has 19 heavy (non-hydrogen) atoms. The summed E-state index contributed by atoms with van der Waals surface area (Å²) in [5.74, 6) is -2.90. The van der Waals surface area contributed by atoms with Crippen molar-refractivity contribution in [1.29, 1.82) is 0 Å². The van der Waals surface area contributed by atoms with E-state index in [-0.39, 0.29) is 25.4 Å². The average molecular weight is 292 g/mol. The summed E-state index contributed by atoms with van der Waals surface area (Å²) in [4.78, 5) is 10.0. The molecule has 0 aromatic heterocycles. The summed E-state index contributed by atoms with van der Waals surface area (Å²) in [7, 11) is -3.89. The van der Waals surface area contributed by atoms with Gasteiger partial charge >= 0.3 is 5.97 Å². The topological polar surface area (TPSA) is 101 Å². The Morgan fingerprint density at radius 3 is 2.53 bits per heavy atom. The maximum absolute atomic E-state index is 13.6. The lowest BCUT2D eigenvalue weighted by Crippen LogP contribution is -2.15. The maximum Gasteiger partial charge on any atom is 0.335 e. The maximum atomic E-state index is 13.6. The number of carboxylic acid groups (broad SMARTS) is 1. The molecule has 0 heterocycles. The monoisotopic (exact) mass is 292 g/mol. The van der Waals surface area contributed by atoms with Crippen LogP contribution in [0.25, 0.3) is 0 Å². The van der Waals surface area contributed by atoms with Crippen LogP contribution < -0.4 is 0 Å². The number of aliphatic hydroxyl groups is 1. The van der Waals surface area contributed by atoms with Gasteiger partial charge in [0, 0.05) is 0 Å². The second-order valence-electron chi connectivity index (χ2n) is 3.61. The fourth-order valence-electron chi connectivity index (χ4n) is 1.33. The van der Waals surface area contributed by atoms with Crippen molar-refractivity contribution in [3.63, 3.8) is 0 Å². The number of aromatic carboxylic acids is 1. The van der Waals surface area contributed by atoms with Crippen molar-refractivity contribution in [2.45, 2.75) is 4.90 Å². The van der Waals surface area contributed by atoms with E-state index in [1.54, 1.807) is 0 Å². The zero-order valence-electron chi connectivity index (χ0n) is 9.87. The Kier molecular flexibility index (Phi) is 5.40. The number of benzene rings is 1. The number of carboxylic acids is 1. The van der Waals surface area contributed by atoms with Crippen LogP contribution in [0.1, 0.15) is 10.4 Å². The van der Waals surface area contributed by atoms with Gasteiger partial charge in [-0.15, -0.1) is 0 Å². The molecule has 0 unspecified atom stereocenters. The normalized spacial score (nSPS) is 11.5. The zero-order chi connectivity index (χ0) is 14.5. The van der Waals surface area contributed by atoms with Gasteiger partial charge in [0.05, 0.1) is 31.1 Å². The molecule has 1 rings (SSSR count). The summed E-state index contributed by atoms with van der Waals surface area (Å²) in [6.07, 6.45) is 0.